The Morgan fingerprint density at radius 2 is 1.60 bits per heavy atom. The number of carbonyl (C=O) groups is 2. The van der Waals surface area contributed by atoms with Gasteiger partial charge in [-0.15, -0.1) is 0 Å². The van der Waals surface area contributed by atoms with Gasteiger partial charge in [-0.3, -0.25) is 14.5 Å². The number of anilines is 2. The van der Waals surface area contributed by atoms with Crippen molar-refractivity contribution in [3.05, 3.63) is 60.2 Å². The predicted molar refractivity (Wildman–Crippen MR) is 77.1 cm³/mol. The molecule has 1 fully saturated rings. The molecule has 100 valence electrons. The summed E-state index contributed by atoms with van der Waals surface area (Å²) >= 11 is 0. The van der Waals surface area contributed by atoms with E-state index in [-0.39, 0.29) is 24.2 Å². The van der Waals surface area contributed by atoms with E-state index in [1.54, 1.807) is 24.3 Å². The number of nitrogens with two attached hydrogens (primary N) is 1. The maximum absolute atomic E-state index is 12.5. The van der Waals surface area contributed by atoms with Crippen molar-refractivity contribution in [3.8, 4) is 0 Å². The molecule has 0 radical (unpaired) electrons. The van der Waals surface area contributed by atoms with Crippen LogP contribution in [0.5, 0.6) is 0 Å². The van der Waals surface area contributed by atoms with E-state index in [1.165, 1.54) is 4.90 Å². The van der Waals surface area contributed by atoms with Crippen LogP contribution in [0.1, 0.15) is 17.9 Å². The smallest absolute Gasteiger partial charge is 0.241 e. The van der Waals surface area contributed by atoms with Crippen LogP contribution >= 0.6 is 0 Å². The van der Waals surface area contributed by atoms with Gasteiger partial charge >= 0.3 is 0 Å². The molecule has 4 nitrogen and oxygen atoms in total. The average molecular weight is 266 g/mol. The third kappa shape index (κ3) is 2.05. The van der Waals surface area contributed by atoms with Crippen LogP contribution in [0.25, 0.3) is 0 Å². The Labute approximate surface area is 116 Å². The van der Waals surface area contributed by atoms with Gasteiger partial charge in [0.15, 0.2) is 0 Å². The number of hydrogen-bond acceptors (Lipinski definition) is 3. The molecular weight excluding hydrogens is 252 g/mol. The van der Waals surface area contributed by atoms with Gasteiger partial charge in [0, 0.05) is 12.1 Å². The minimum absolute atomic E-state index is 0.173. The lowest BCUT2D eigenvalue weighted by Crippen LogP contribution is -2.29. The topological polar surface area (TPSA) is 63.4 Å². The predicted octanol–water partition coefficient (Wildman–Crippen LogP) is 2.32. The van der Waals surface area contributed by atoms with Crippen molar-refractivity contribution < 1.29 is 9.59 Å². The first-order chi connectivity index (χ1) is 9.66. The molecule has 0 aromatic heterocycles. The number of rotatable bonds is 2. The van der Waals surface area contributed by atoms with Crippen molar-refractivity contribution in [2.24, 2.45) is 0 Å². The van der Waals surface area contributed by atoms with Gasteiger partial charge < -0.3 is 5.73 Å². The fourth-order valence-electron chi connectivity index (χ4n) is 2.47. The van der Waals surface area contributed by atoms with E-state index in [0.29, 0.717) is 11.4 Å². The number of nitrogen functional groups attached to an aromatic ring is 1. The largest absolute Gasteiger partial charge is 0.399 e. The highest BCUT2D eigenvalue weighted by atomic mass is 16.2. The highest BCUT2D eigenvalue weighted by Crippen LogP contribution is 2.33. The van der Waals surface area contributed by atoms with Crippen molar-refractivity contribution in [2.75, 3.05) is 10.6 Å². The molecule has 1 unspecified atom stereocenters. The van der Waals surface area contributed by atoms with Crippen LogP contribution in [0.4, 0.5) is 11.4 Å². The quantitative estimate of drug-likeness (QED) is 0.670. The van der Waals surface area contributed by atoms with Crippen LogP contribution in [0.15, 0.2) is 54.6 Å². The molecule has 0 saturated carbocycles. The molecule has 1 aliphatic heterocycles. The van der Waals surface area contributed by atoms with Crippen LogP contribution in [0.2, 0.25) is 0 Å². The molecule has 2 aromatic carbocycles. The highest BCUT2D eigenvalue weighted by molar-refractivity contribution is 6.22. The first-order valence-corrected chi connectivity index (χ1v) is 6.44. The summed E-state index contributed by atoms with van der Waals surface area (Å²) in [6.07, 6.45) is 0.215. The van der Waals surface area contributed by atoms with Crippen LogP contribution in [0, 0.1) is 0 Å². The number of amides is 2. The van der Waals surface area contributed by atoms with E-state index in [0.717, 1.165) is 5.56 Å². The summed E-state index contributed by atoms with van der Waals surface area (Å²) in [5.41, 5.74) is 7.68. The molecule has 2 amide bonds. The summed E-state index contributed by atoms with van der Waals surface area (Å²) in [7, 11) is 0. The van der Waals surface area contributed by atoms with Crippen LogP contribution in [0.3, 0.4) is 0 Å². The lowest BCUT2D eigenvalue weighted by atomic mass is 9.98. The minimum atomic E-state index is -0.388. The van der Waals surface area contributed by atoms with E-state index in [2.05, 4.69) is 0 Å². The summed E-state index contributed by atoms with van der Waals surface area (Å²) in [6.45, 7) is 0. The SMILES string of the molecule is Nc1ccc(N2C(=O)CC(c3ccccc3)C2=O)cc1. The summed E-state index contributed by atoms with van der Waals surface area (Å²) in [5.74, 6) is -0.735. The third-order valence-electron chi connectivity index (χ3n) is 3.50. The van der Waals surface area contributed by atoms with E-state index in [1.807, 2.05) is 30.3 Å². The Bertz CT molecular complexity index is 650. The van der Waals surface area contributed by atoms with Gasteiger partial charge in [-0.1, -0.05) is 30.3 Å². The van der Waals surface area contributed by atoms with Gasteiger partial charge in [0.05, 0.1) is 11.6 Å². The number of nitrogens with zero attached hydrogens (tertiary/aromatic N) is 1. The Kier molecular flexibility index (Phi) is 2.99. The van der Waals surface area contributed by atoms with Gasteiger partial charge in [-0.25, -0.2) is 0 Å². The van der Waals surface area contributed by atoms with Gasteiger partial charge in [-0.05, 0) is 29.8 Å². The minimum Gasteiger partial charge on any atom is -0.399 e. The van der Waals surface area contributed by atoms with Gasteiger partial charge in [0.2, 0.25) is 11.8 Å². The maximum Gasteiger partial charge on any atom is 0.241 e. The molecule has 1 aliphatic rings. The van der Waals surface area contributed by atoms with Crippen LogP contribution in [-0.2, 0) is 9.59 Å². The first-order valence-electron chi connectivity index (χ1n) is 6.44. The van der Waals surface area contributed by atoms with E-state index in [9.17, 15) is 9.59 Å². The maximum atomic E-state index is 12.5. The Morgan fingerprint density at radius 1 is 0.950 bits per heavy atom. The molecule has 2 N–H and O–H groups in total. The van der Waals surface area contributed by atoms with Crippen molar-refractivity contribution in [2.45, 2.75) is 12.3 Å². The molecular formula is C16H14N2O2. The molecule has 0 aliphatic carbocycles. The van der Waals surface area contributed by atoms with Crippen LogP contribution < -0.4 is 10.6 Å². The van der Waals surface area contributed by atoms with Gasteiger partial charge in [0.25, 0.3) is 0 Å². The molecule has 1 heterocycles. The molecule has 1 atom stereocenters. The summed E-state index contributed by atoms with van der Waals surface area (Å²) in [5, 5.41) is 0. The monoisotopic (exact) mass is 266 g/mol. The second-order valence-corrected chi connectivity index (χ2v) is 4.83. The molecule has 1 saturated heterocycles. The lowest BCUT2D eigenvalue weighted by Gasteiger charge is -2.15. The van der Waals surface area contributed by atoms with Crippen molar-refractivity contribution >= 4 is 23.2 Å². The van der Waals surface area contributed by atoms with E-state index < -0.39 is 0 Å². The number of imide groups is 1. The fraction of sp³-hybridized carbons (Fsp3) is 0.125. The molecule has 20 heavy (non-hydrogen) atoms. The standard InChI is InChI=1S/C16H14N2O2/c17-12-6-8-13(9-7-12)18-15(19)10-14(16(18)20)11-4-2-1-3-5-11/h1-9,14H,10,17H2. The van der Waals surface area contributed by atoms with Gasteiger partial charge in [0.1, 0.15) is 0 Å². The van der Waals surface area contributed by atoms with Crippen LogP contribution in [-0.4, -0.2) is 11.8 Å². The van der Waals surface area contributed by atoms with Crippen molar-refractivity contribution in [1.29, 1.82) is 0 Å². The normalized spacial score (nSPS) is 18.6. The lowest BCUT2D eigenvalue weighted by molar-refractivity contribution is -0.121. The second kappa shape index (κ2) is 4.81. The third-order valence-corrected chi connectivity index (χ3v) is 3.50. The fourth-order valence-corrected chi connectivity index (χ4v) is 2.47. The Balaban J connectivity index is 1.93. The summed E-state index contributed by atoms with van der Waals surface area (Å²) in [4.78, 5) is 25.9. The first kappa shape index (κ1) is 12.4. The van der Waals surface area contributed by atoms with E-state index >= 15 is 0 Å². The second-order valence-electron chi connectivity index (χ2n) is 4.83. The number of benzene rings is 2. The molecule has 4 heteroatoms. The molecule has 2 aromatic rings. The van der Waals surface area contributed by atoms with Gasteiger partial charge in [-0.2, -0.15) is 0 Å². The van der Waals surface area contributed by atoms with Crippen molar-refractivity contribution in [1.82, 2.24) is 0 Å². The summed E-state index contributed by atoms with van der Waals surface area (Å²) < 4.78 is 0. The summed E-state index contributed by atoms with van der Waals surface area (Å²) in [6, 6.07) is 16.2. The van der Waals surface area contributed by atoms with Crippen molar-refractivity contribution in [3.63, 3.8) is 0 Å². The zero-order valence-electron chi connectivity index (χ0n) is 10.8. The number of hydrogen-bond donors (Lipinski definition) is 1. The number of carbonyl (C=O) groups excluding carboxylic acids is 2. The Morgan fingerprint density at radius 3 is 2.25 bits per heavy atom. The zero-order valence-corrected chi connectivity index (χ0v) is 10.8. The Hall–Kier alpha value is -2.62. The van der Waals surface area contributed by atoms with E-state index in [4.69, 9.17) is 5.73 Å². The average Bonchev–Trinajstić information content (AvgIpc) is 2.76. The molecule has 0 spiro atoms. The zero-order chi connectivity index (χ0) is 14.1. The molecule has 3 rings (SSSR count). The molecule has 0 bridgehead atoms. The highest BCUT2D eigenvalue weighted by Gasteiger charge is 2.40.